The normalized spacial score (nSPS) is 11.2. The molecule has 162 valence electrons. The molecule has 4 rings (SSSR count). The first-order valence-electron chi connectivity index (χ1n) is 10.3. The molecule has 0 aliphatic carbocycles. The molecule has 0 atom stereocenters. The number of rotatable bonds is 7. The second kappa shape index (κ2) is 8.22. The summed E-state index contributed by atoms with van der Waals surface area (Å²) in [6.45, 7) is 5.45. The van der Waals surface area contributed by atoms with E-state index in [4.69, 9.17) is 9.47 Å². The zero-order chi connectivity index (χ0) is 22.1. The molecule has 0 bridgehead atoms. The Morgan fingerprint density at radius 1 is 0.903 bits per heavy atom. The van der Waals surface area contributed by atoms with E-state index in [1.165, 1.54) is 0 Å². The van der Waals surface area contributed by atoms with Crippen molar-refractivity contribution < 1.29 is 9.47 Å². The van der Waals surface area contributed by atoms with Crippen molar-refractivity contribution in [2.75, 3.05) is 19.5 Å². The molecular weight excluding hydrogens is 396 g/mol. The number of aryl methyl sites for hydroxylation is 2. The zero-order valence-corrected chi connectivity index (χ0v) is 18.1. The van der Waals surface area contributed by atoms with Gasteiger partial charge in [-0.05, 0) is 50.2 Å². The van der Waals surface area contributed by atoms with E-state index in [-0.39, 0.29) is 11.2 Å². The summed E-state index contributed by atoms with van der Waals surface area (Å²) in [4.78, 5) is 28.1. The fraction of sp³-hybridized carbons (Fsp3) is 0.304. The molecule has 2 aromatic heterocycles. The minimum absolute atomic E-state index is 0.0100. The number of aromatic nitrogens is 3. The number of pyridine rings is 1. The number of imidazole rings is 1. The number of aromatic amines is 1. The Kier molecular flexibility index (Phi) is 5.46. The van der Waals surface area contributed by atoms with Gasteiger partial charge in [-0.3, -0.25) is 13.9 Å². The third kappa shape index (κ3) is 3.43. The van der Waals surface area contributed by atoms with Crippen LogP contribution in [-0.4, -0.2) is 28.3 Å². The maximum absolute atomic E-state index is 12.7. The molecule has 0 fully saturated rings. The second-order valence-electron chi connectivity index (χ2n) is 7.21. The van der Waals surface area contributed by atoms with Crippen molar-refractivity contribution in [3.05, 3.63) is 62.8 Å². The molecule has 2 heterocycles. The quantitative estimate of drug-likeness (QED) is 0.477. The van der Waals surface area contributed by atoms with Gasteiger partial charge in [0.25, 0.3) is 5.56 Å². The Bertz CT molecular complexity index is 1380. The standard InChI is InChI=1S/C23H26N4O4/c1-5-26-17-8-7-15(12-18(17)27(6-2)23(26)29)24-13-14-11-16-19(30-3)9-10-20(31-4)21(16)25-22(14)28/h7-12,24H,5-6,13H2,1-4H3,(H,25,28). The molecule has 31 heavy (non-hydrogen) atoms. The molecule has 0 aliphatic heterocycles. The monoisotopic (exact) mass is 422 g/mol. The lowest BCUT2D eigenvalue weighted by Crippen LogP contribution is -2.23. The summed E-state index contributed by atoms with van der Waals surface area (Å²) in [6.07, 6.45) is 0. The van der Waals surface area contributed by atoms with Crippen LogP contribution in [0.25, 0.3) is 21.9 Å². The molecule has 0 saturated carbocycles. The molecule has 0 radical (unpaired) electrons. The van der Waals surface area contributed by atoms with Crippen LogP contribution in [-0.2, 0) is 19.6 Å². The Hall–Kier alpha value is -3.68. The van der Waals surface area contributed by atoms with Crippen molar-refractivity contribution in [3.8, 4) is 11.5 Å². The Balaban J connectivity index is 1.70. The summed E-state index contributed by atoms with van der Waals surface area (Å²) in [5.74, 6) is 1.23. The first-order chi connectivity index (χ1) is 15.0. The van der Waals surface area contributed by atoms with E-state index in [0.717, 1.165) is 22.1 Å². The van der Waals surface area contributed by atoms with Crippen LogP contribution in [0.5, 0.6) is 11.5 Å². The number of ether oxygens (including phenoxy) is 2. The average molecular weight is 422 g/mol. The summed E-state index contributed by atoms with van der Waals surface area (Å²) >= 11 is 0. The van der Waals surface area contributed by atoms with Crippen LogP contribution in [0.2, 0.25) is 0 Å². The van der Waals surface area contributed by atoms with Crippen LogP contribution in [0.1, 0.15) is 19.4 Å². The van der Waals surface area contributed by atoms with Crippen LogP contribution >= 0.6 is 0 Å². The lowest BCUT2D eigenvalue weighted by molar-refractivity contribution is 0.409. The van der Waals surface area contributed by atoms with Crippen molar-refractivity contribution in [2.24, 2.45) is 0 Å². The van der Waals surface area contributed by atoms with Crippen molar-refractivity contribution in [1.29, 1.82) is 0 Å². The summed E-state index contributed by atoms with van der Waals surface area (Å²) in [6, 6.07) is 11.2. The van der Waals surface area contributed by atoms with Crippen LogP contribution in [0.15, 0.2) is 46.0 Å². The highest BCUT2D eigenvalue weighted by atomic mass is 16.5. The van der Waals surface area contributed by atoms with Crippen molar-refractivity contribution in [3.63, 3.8) is 0 Å². The van der Waals surface area contributed by atoms with Crippen molar-refractivity contribution in [2.45, 2.75) is 33.5 Å². The molecule has 0 aliphatic rings. The number of nitrogens with one attached hydrogen (secondary N) is 2. The average Bonchev–Trinajstić information content (AvgIpc) is 3.06. The second-order valence-corrected chi connectivity index (χ2v) is 7.21. The smallest absolute Gasteiger partial charge is 0.329 e. The SMILES string of the molecule is CCn1c(=O)n(CC)c2cc(NCc3cc4c(OC)ccc(OC)c4[nH]c3=O)ccc21. The van der Waals surface area contributed by atoms with Gasteiger partial charge in [0.15, 0.2) is 0 Å². The third-order valence-corrected chi connectivity index (χ3v) is 5.59. The van der Waals surface area contributed by atoms with Gasteiger partial charge in [-0.2, -0.15) is 0 Å². The number of benzene rings is 2. The van der Waals surface area contributed by atoms with Crippen LogP contribution in [0, 0.1) is 0 Å². The van der Waals surface area contributed by atoms with E-state index in [0.29, 0.717) is 42.2 Å². The van der Waals surface area contributed by atoms with Gasteiger partial charge < -0.3 is 19.8 Å². The highest BCUT2D eigenvalue weighted by Gasteiger charge is 2.13. The van der Waals surface area contributed by atoms with Crippen molar-refractivity contribution in [1.82, 2.24) is 14.1 Å². The van der Waals surface area contributed by atoms with Gasteiger partial charge in [-0.15, -0.1) is 0 Å². The van der Waals surface area contributed by atoms with Gasteiger partial charge in [0.05, 0.1) is 30.8 Å². The number of anilines is 1. The molecule has 0 spiro atoms. The molecule has 0 amide bonds. The fourth-order valence-corrected chi connectivity index (χ4v) is 4.00. The first-order valence-corrected chi connectivity index (χ1v) is 10.3. The van der Waals surface area contributed by atoms with Crippen LogP contribution < -0.4 is 26.0 Å². The molecule has 8 heteroatoms. The molecule has 2 aromatic carbocycles. The summed E-state index contributed by atoms with van der Waals surface area (Å²) in [7, 11) is 3.15. The number of fused-ring (bicyclic) bond motifs is 2. The molecule has 8 nitrogen and oxygen atoms in total. The predicted octanol–water partition coefficient (Wildman–Crippen LogP) is 3.31. The maximum Gasteiger partial charge on any atom is 0.329 e. The highest BCUT2D eigenvalue weighted by Crippen LogP contribution is 2.31. The van der Waals surface area contributed by atoms with Gasteiger partial charge in [-0.25, -0.2) is 4.79 Å². The molecule has 0 unspecified atom stereocenters. The largest absolute Gasteiger partial charge is 0.496 e. The van der Waals surface area contributed by atoms with Crippen LogP contribution in [0.3, 0.4) is 0 Å². The molecule has 0 saturated heterocycles. The van der Waals surface area contributed by atoms with Crippen molar-refractivity contribution >= 4 is 27.6 Å². The topological polar surface area (TPSA) is 90.3 Å². The Morgan fingerprint density at radius 3 is 2.26 bits per heavy atom. The van der Waals surface area contributed by atoms with E-state index < -0.39 is 0 Å². The minimum atomic E-state index is -0.199. The predicted molar refractivity (Wildman–Crippen MR) is 123 cm³/mol. The molecule has 4 aromatic rings. The maximum atomic E-state index is 12.7. The first kappa shape index (κ1) is 20.6. The number of methoxy groups -OCH3 is 2. The van der Waals surface area contributed by atoms with Gasteiger partial charge in [0.2, 0.25) is 0 Å². The molecule has 2 N–H and O–H groups in total. The third-order valence-electron chi connectivity index (χ3n) is 5.59. The van der Waals surface area contributed by atoms with E-state index in [1.807, 2.05) is 44.2 Å². The van der Waals surface area contributed by atoms with Gasteiger partial charge >= 0.3 is 5.69 Å². The lowest BCUT2D eigenvalue weighted by atomic mass is 10.1. The minimum Gasteiger partial charge on any atom is -0.496 e. The van der Waals surface area contributed by atoms with E-state index >= 15 is 0 Å². The van der Waals surface area contributed by atoms with Gasteiger partial charge in [0, 0.05) is 36.3 Å². The highest BCUT2D eigenvalue weighted by molar-refractivity contribution is 5.90. The van der Waals surface area contributed by atoms with Crippen LogP contribution in [0.4, 0.5) is 5.69 Å². The van der Waals surface area contributed by atoms with E-state index in [9.17, 15) is 9.59 Å². The Morgan fingerprint density at radius 2 is 1.58 bits per heavy atom. The summed E-state index contributed by atoms with van der Waals surface area (Å²) in [5, 5.41) is 4.08. The Labute approximate surface area is 179 Å². The number of hydrogen-bond acceptors (Lipinski definition) is 5. The lowest BCUT2D eigenvalue weighted by Gasteiger charge is -2.12. The van der Waals surface area contributed by atoms with Gasteiger partial charge in [-0.1, -0.05) is 0 Å². The van der Waals surface area contributed by atoms with E-state index in [1.54, 1.807) is 29.4 Å². The van der Waals surface area contributed by atoms with E-state index in [2.05, 4.69) is 10.3 Å². The molecular formula is C23H26N4O4. The number of H-pyrrole nitrogens is 1. The number of nitrogens with zero attached hydrogens (tertiary/aromatic N) is 2. The summed E-state index contributed by atoms with van der Waals surface area (Å²) < 4.78 is 14.3. The number of hydrogen-bond donors (Lipinski definition) is 2. The van der Waals surface area contributed by atoms with Gasteiger partial charge in [0.1, 0.15) is 11.5 Å². The summed E-state index contributed by atoms with van der Waals surface area (Å²) in [5.41, 5.74) is 3.57. The zero-order valence-electron chi connectivity index (χ0n) is 18.1. The fourth-order valence-electron chi connectivity index (χ4n) is 4.00.